The summed E-state index contributed by atoms with van der Waals surface area (Å²) in [7, 11) is 0. The number of ether oxygens (including phenoxy) is 1. The van der Waals surface area contributed by atoms with Crippen LogP contribution in [0.25, 0.3) is 0 Å². The maximum absolute atomic E-state index is 11.7. The molecule has 0 unspecified atom stereocenters. The lowest BCUT2D eigenvalue weighted by molar-refractivity contribution is -0.123. The largest absolute Gasteiger partial charge is 0.484 e. The number of hydrogen-bond acceptors (Lipinski definition) is 5. The molecular weight excluding hydrogens is 364 g/mol. The van der Waals surface area contributed by atoms with Crippen molar-refractivity contribution in [1.82, 2.24) is 10.6 Å². The molecule has 7 heteroatoms. The molecule has 2 rings (SSSR count). The van der Waals surface area contributed by atoms with Crippen molar-refractivity contribution in [3.05, 3.63) is 29.8 Å². The topological polar surface area (TPSA) is 50.4 Å². The van der Waals surface area contributed by atoms with Crippen molar-refractivity contribution >= 4 is 41.8 Å². The highest BCUT2D eigenvalue weighted by molar-refractivity contribution is 8.16. The maximum atomic E-state index is 11.7. The molecule has 0 spiro atoms. The van der Waals surface area contributed by atoms with Crippen molar-refractivity contribution < 1.29 is 9.53 Å². The van der Waals surface area contributed by atoms with Crippen LogP contribution in [0, 0.1) is 0 Å². The molecule has 136 valence electrons. The van der Waals surface area contributed by atoms with E-state index in [0.717, 1.165) is 25.3 Å². The first-order chi connectivity index (χ1) is 11.3. The summed E-state index contributed by atoms with van der Waals surface area (Å²) < 4.78 is 6.08. The van der Waals surface area contributed by atoms with Gasteiger partial charge in [-0.3, -0.25) is 4.79 Å². The van der Waals surface area contributed by atoms with Crippen LogP contribution in [0.2, 0.25) is 0 Å². The van der Waals surface area contributed by atoms with E-state index in [4.69, 9.17) is 4.74 Å². The van der Waals surface area contributed by atoms with E-state index in [0.29, 0.717) is 11.1 Å². The van der Waals surface area contributed by atoms with E-state index in [1.54, 1.807) is 0 Å². The molecule has 0 aliphatic carbocycles. The van der Waals surface area contributed by atoms with E-state index in [2.05, 4.69) is 29.7 Å². The highest BCUT2D eigenvalue weighted by atomic mass is 35.5. The zero-order valence-corrected chi connectivity index (χ0v) is 16.5. The Bertz CT molecular complexity index is 468. The van der Waals surface area contributed by atoms with Crippen LogP contribution in [0.15, 0.2) is 24.3 Å². The molecule has 24 heavy (non-hydrogen) atoms. The Balaban J connectivity index is 0.00000288. The van der Waals surface area contributed by atoms with Gasteiger partial charge in [-0.25, -0.2) is 0 Å². The summed E-state index contributed by atoms with van der Waals surface area (Å²) in [4.78, 5) is 11.7. The third kappa shape index (κ3) is 8.01. The Morgan fingerprint density at radius 2 is 1.88 bits per heavy atom. The Morgan fingerprint density at radius 1 is 1.17 bits per heavy atom. The van der Waals surface area contributed by atoms with Gasteiger partial charge in [0.05, 0.1) is 4.58 Å². The fraction of sp³-hybridized carbons (Fsp3) is 0.588. The molecule has 1 aromatic rings. The monoisotopic (exact) mass is 390 g/mol. The third-order valence-corrected chi connectivity index (χ3v) is 6.42. The molecule has 0 bridgehead atoms. The minimum Gasteiger partial charge on any atom is -0.484 e. The van der Waals surface area contributed by atoms with Crippen molar-refractivity contribution in [3.8, 4) is 5.75 Å². The summed E-state index contributed by atoms with van der Waals surface area (Å²) >= 11 is 4.01. The molecular formula is C17H27ClN2O2S2. The van der Waals surface area contributed by atoms with Crippen LogP contribution in [0.5, 0.6) is 5.75 Å². The standard InChI is InChI=1S/C17H26N2O2S2.ClH/c1-2-8-18-9-10-19-16(20)13-21-15-6-4-14(5-7-15)17-22-11-3-12-23-17;/h4-7,17-18H,2-3,8-13H2,1H3,(H,19,20);1H. The van der Waals surface area contributed by atoms with Crippen LogP contribution in [-0.4, -0.2) is 43.7 Å². The minimum atomic E-state index is -0.0780. The molecule has 1 aliphatic heterocycles. The second-order valence-electron chi connectivity index (χ2n) is 5.38. The van der Waals surface area contributed by atoms with Crippen LogP contribution in [0.4, 0.5) is 0 Å². The first kappa shape index (κ1) is 21.5. The molecule has 1 fully saturated rings. The summed E-state index contributed by atoms with van der Waals surface area (Å²) in [6, 6.07) is 8.14. The smallest absolute Gasteiger partial charge is 0.257 e. The van der Waals surface area contributed by atoms with Crippen LogP contribution in [0.3, 0.4) is 0 Å². The summed E-state index contributed by atoms with van der Waals surface area (Å²) in [6.07, 6.45) is 2.40. The zero-order valence-electron chi connectivity index (χ0n) is 14.1. The average Bonchev–Trinajstić information content (AvgIpc) is 2.61. The number of rotatable bonds is 9. The lowest BCUT2D eigenvalue weighted by Crippen LogP contribution is -2.35. The van der Waals surface area contributed by atoms with E-state index in [1.807, 2.05) is 35.7 Å². The predicted molar refractivity (Wildman–Crippen MR) is 108 cm³/mol. The lowest BCUT2D eigenvalue weighted by atomic mass is 10.2. The van der Waals surface area contributed by atoms with Crippen LogP contribution < -0.4 is 15.4 Å². The molecule has 0 radical (unpaired) electrons. The van der Waals surface area contributed by atoms with Crippen molar-refractivity contribution in [3.63, 3.8) is 0 Å². The molecule has 0 atom stereocenters. The number of thioether (sulfide) groups is 2. The van der Waals surface area contributed by atoms with E-state index in [1.165, 1.54) is 23.5 Å². The lowest BCUT2D eigenvalue weighted by Gasteiger charge is -2.21. The van der Waals surface area contributed by atoms with Crippen LogP contribution in [0.1, 0.15) is 29.9 Å². The zero-order chi connectivity index (χ0) is 16.3. The Morgan fingerprint density at radius 3 is 2.54 bits per heavy atom. The minimum absolute atomic E-state index is 0. The molecule has 0 saturated carbocycles. The third-order valence-electron chi connectivity index (χ3n) is 3.40. The highest BCUT2D eigenvalue weighted by Gasteiger charge is 2.16. The fourth-order valence-corrected chi connectivity index (χ4v) is 5.09. The van der Waals surface area contributed by atoms with Gasteiger partial charge in [0.15, 0.2) is 6.61 Å². The number of halogens is 1. The molecule has 1 aliphatic rings. The van der Waals surface area contributed by atoms with Crippen LogP contribution in [-0.2, 0) is 4.79 Å². The second kappa shape index (κ2) is 12.8. The van der Waals surface area contributed by atoms with Gasteiger partial charge in [-0.1, -0.05) is 19.1 Å². The summed E-state index contributed by atoms with van der Waals surface area (Å²) in [6.45, 7) is 4.61. The van der Waals surface area contributed by atoms with Gasteiger partial charge in [0.25, 0.3) is 5.91 Å². The number of carbonyl (C=O) groups excluding carboxylic acids is 1. The normalized spacial score (nSPS) is 14.7. The molecule has 1 aromatic carbocycles. The van der Waals surface area contributed by atoms with Gasteiger partial charge in [-0.2, -0.15) is 0 Å². The summed E-state index contributed by atoms with van der Waals surface area (Å²) in [5, 5.41) is 6.08. The number of hydrogen-bond donors (Lipinski definition) is 2. The van der Waals surface area contributed by atoms with Crippen molar-refractivity contribution in [2.75, 3.05) is 37.7 Å². The summed E-state index contributed by atoms with van der Waals surface area (Å²) in [5.74, 6) is 3.15. The van der Waals surface area contributed by atoms with Gasteiger partial charge in [0.2, 0.25) is 0 Å². The molecule has 2 N–H and O–H groups in total. The molecule has 1 amide bonds. The van der Waals surface area contributed by atoms with Gasteiger partial charge < -0.3 is 15.4 Å². The van der Waals surface area contributed by atoms with E-state index >= 15 is 0 Å². The van der Waals surface area contributed by atoms with E-state index in [9.17, 15) is 4.79 Å². The van der Waals surface area contributed by atoms with E-state index < -0.39 is 0 Å². The first-order valence-corrected chi connectivity index (χ1v) is 10.3. The number of carbonyl (C=O) groups is 1. The van der Waals surface area contributed by atoms with Gasteiger partial charge in [0.1, 0.15) is 5.75 Å². The second-order valence-corrected chi connectivity index (χ2v) is 8.11. The van der Waals surface area contributed by atoms with Gasteiger partial charge >= 0.3 is 0 Å². The van der Waals surface area contributed by atoms with Gasteiger partial charge in [-0.15, -0.1) is 35.9 Å². The van der Waals surface area contributed by atoms with Crippen molar-refractivity contribution in [1.29, 1.82) is 0 Å². The highest BCUT2D eigenvalue weighted by Crippen LogP contribution is 2.43. The maximum Gasteiger partial charge on any atom is 0.257 e. The van der Waals surface area contributed by atoms with Crippen molar-refractivity contribution in [2.45, 2.75) is 24.3 Å². The van der Waals surface area contributed by atoms with Crippen LogP contribution >= 0.6 is 35.9 Å². The van der Waals surface area contributed by atoms with E-state index in [-0.39, 0.29) is 24.9 Å². The molecule has 1 heterocycles. The Kier molecular flexibility index (Phi) is 11.4. The van der Waals surface area contributed by atoms with Crippen molar-refractivity contribution in [2.24, 2.45) is 0 Å². The molecule has 4 nitrogen and oxygen atoms in total. The predicted octanol–water partition coefficient (Wildman–Crippen LogP) is 3.47. The summed E-state index contributed by atoms with van der Waals surface area (Å²) in [5.41, 5.74) is 1.33. The quantitative estimate of drug-likeness (QED) is 0.632. The number of benzene rings is 1. The number of amides is 1. The number of nitrogens with one attached hydrogen (secondary N) is 2. The fourth-order valence-electron chi connectivity index (χ4n) is 2.19. The SMILES string of the molecule is CCCNCCNC(=O)COc1ccc(C2SCCCS2)cc1.Cl. The van der Waals surface area contributed by atoms with Gasteiger partial charge in [-0.05, 0) is 48.6 Å². The molecule has 0 aromatic heterocycles. The Hall–Kier alpha value is -0.560. The Labute approximate surface area is 159 Å². The molecule has 1 saturated heterocycles. The first-order valence-electron chi connectivity index (χ1n) is 8.23. The average molecular weight is 391 g/mol. The van der Waals surface area contributed by atoms with Gasteiger partial charge in [0, 0.05) is 13.1 Å².